The number of hydrogen-bond acceptors (Lipinski definition) is 5. The van der Waals surface area contributed by atoms with Crippen molar-refractivity contribution in [1.29, 1.82) is 0 Å². The third-order valence-electron chi connectivity index (χ3n) is 3.45. The molecule has 7 heteroatoms. The molecule has 1 heterocycles. The third kappa shape index (κ3) is 4.13. The molecule has 0 saturated heterocycles. The minimum absolute atomic E-state index is 0.141. The Hall–Kier alpha value is -2.50. The minimum atomic E-state index is 0.141. The van der Waals surface area contributed by atoms with E-state index in [1.54, 1.807) is 31.4 Å². The molecule has 25 heavy (non-hydrogen) atoms. The average Bonchev–Trinajstić information content (AvgIpc) is 2.60. The van der Waals surface area contributed by atoms with Gasteiger partial charge in [-0.2, -0.15) is 0 Å². The van der Waals surface area contributed by atoms with E-state index in [-0.39, 0.29) is 16.7 Å². The molecule has 0 spiro atoms. The van der Waals surface area contributed by atoms with Crippen LogP contribution in [0, 0.1) is 0 Å². The monoisotopic (exact) mass is 375 g/mol. The van der Waals surface area contributed by atoms with Crippen LogP contribution in [0.1, 0.15) is 11.4 Å². The Morgan fingerprint density at radius 3 is 2.28 bits per heavy atom. The first-order valence-electron chi connectivity index (χ1n) is 7.44. The number of ether oxygens (including phenoxy) is 2. The van der Waals surface area contributed by atoms with Gasteiger partial charge in [-0.1, -0.05) is 47.5 Å². The quantitative estimate of drug-likeness (QED) is 0.651. The molecule has 0 aliphatic heterocycles. The predicted octanol–water partition coefficient (Wildman–Crippen LogP) is 4.76. The molecule has 1 aromatic heterocycles. The number of halogens is 2. The van der Waals surface area contributed by atoms with Gasteiger partial charge < -0.3 is 15.2 Å². The molecule has 2 N–H and O–H groups in total. The summed E-state index contributed by atoms with van der Waals surface area (Å²) in [5.74, 6) is 1.90. The van der Waals surface area contributed by atoms with Crippen LogP contribution in [0.4, 0.5) is 5.82 Å². The summed E-state index contributed by atoms with van der Waals surface area (Å²) < 4.78 is 11.0. The Labute approximate surface area is 155 Å². The molecular formula is C18H15Cl2N3O2. The summed E-state index contributed by atoms with van der Waals surface area (Å²) in [6.07, 6.45) is 0.482. The Morgan fingerprint density at radius 2 is 1.64 bits per heavy atom. The predicted molar refractivity (Wildman–Crippen MR) is 98.8 cm³/mol. The Kier molecular flexibility index (Phi) is 5.26. The summed E-state index contributed by atoms with van der Waals surface area (Å²) in [5.41, 5.74) is 7.02. The third-order valence-corrected chi connectivity index (χ3v) is 3.96. The van der Waals surface area contributed by atoms with E-state index in [9.17, 15) is 0 Å². The molecule has 0 saturated carbocycles. The molecule has 5 nitrogen and oxygen atoms in total. The highest BCUT2D eigenvalue weighted by molar-refractivity contribution is 6.31. The fourth-order valence-electron chi connectivity index (χ4n) is 2.26. The molecule has 0 aliphatic carbocycles. The van der Waals surface area contributed by atoms with Crippen molar-refractivity contribution in [3.8, 4) is 17.2 Å². The number of nitrogens with two attached hydrogens (primary N) is 1. The smallest absolute Gasteiger partial charge is 0.206 e. The number of nitrogens with zero attached hydrogens (tertiary/aromatic N) is 2. The van der Waals surface area contributed by atoms with Crippen molar-refractivity contribution in [2.75, 3.05) is 12.8 Å². The lowest BCUT2D eigenvalue weighted by molar-refractivity contribution is 0.378. The van der Waals surface area contributed by atoms with Crippen molar-refractivity contribution in [1.82, 2.24) is 9.97 Å². The van der Waals surface area contributed by atoms with Crippen LogP contribution in [0.2, 0.25) is 10.2 Å². The van der Waals surface area contributed by atoms with E-state index < -0.39 is 0 Å². The summed E-state index contributed by atoms with van der Waals surface area (Å²) >= 11 is 12.1. The molecule has 2 aromatic carbocycles. The van der Waals surface area contributed by atoms with Crippen LogP contribution >= 0.6 is 23.2 Å². The van der Waals surface area contributed by atoms with E-state index in [2.05, 4.69) is 9.97 Å². The topological polar surface area (TPSA) is 70.3 Å². The van der Waals surface area contributed by atoms with Gasteiger partial charge in [0, 0.05) is 11.4 Å². The number of methoxy groups -OCH3 is 1. The normalized spacial score (nSPS) is 10.5. The molecule has 0 atom stereocenters. The average molecular weight is 376 g/mol. The van der Waals surface area contributed by atoms with E-state index in [4.69, 9.17) is 38.4 Å². The first-order chi connectivity index (χ1) is 12.1. The van der Waals surface area contributed by atoms with Crippen molar-refractivity contribution in [3.05, 3.63) is 70.1 Å². The number of anilines is 1. The molecular weight excluding hydrogens is 361 g/mol. The molecule has 0 aliphatic rings. The van der Waals surface area contributed by atoms with E-state index >= 15 is 0 Å². The van der Waals surface area contributed by atoms with Gasteiger partial charge >= 0.3 is 0 Å². The highest BCUT2D eigenvalue weighted by Crippen LogP contribution is 2.37. The van der Waals surface area contributed by atoms with Gasteiger partial charge in [0.1, 0.15) is 5.82 Å². The zero-order chi connectivity index (χ0) is 17.8. The van der Waals surface area contributed by atoms with Crippen LogP contribution in [0.5, 0.6) is 17.2 Å². The van der Waals surface area contributed by atoms with Gasteiger partial charge in [-0.05, 0) is 29.8 Å². The highest BCUT2D eigenvalue weighted by atomic mass is 35.5. The highest BCUT2D eigenvalue weighted by Gasteiger charge is 2.15. The van der Waals surface area contributed by atoms with E-state index in [1.807, 2.05) is 24.3 Å². The molecule has 0 unspecified atom stereocenters. The lowest BCUT2D eigenvalue weighted by atomic mass is 10.1. The van der Waals surface area contributed by atoms with Gasteiger partial charge in [0.25, 0.3) is 0 Å². The molecule has 0 bridgehead atoms. The number of nitrogen functional groups attached to an aromatic ring is 1. The molecule has 3 rings (SSSR count). The van der Waals surface area contributed by atoms with Gasteiger partial charge in [0.2, 0.25) is 5.75 Å². The number of para-hydroxylation sites is 2. The fraction of sp³-hybridized carbons (Fsp3) is 0.111. The maximum Gasteiger partial charge on any atom is 0.206 e. The molecule has 0 fully saturated rings. The van der Waals surface area contributed by atoms with Crippen LogP contribution in [0.15, 0.2) is 48.5 Å². The van der Waals surface area contributed by atoms with Gasteiger partial charge in [-0.15, -0.1) is 0 Å². The van der Waals surface area contributed by atoms with Crippen molar-refractivity contribution in [2.24, 2.45) is 0 Å². The van der Waals surface area contributed by atoms with Crippen molar-refractivity contribution in [3.63, 3.8) is 0 Å². The van der Waals surface area contributed by atoms with Crippen LogP contribution in [0.25, 0.3) is 0 Å². The summed E-state index contributed by atoms with van der Waals surface area (Å²) in [5, 5.41) is 0.810. The Bertz CT molecular complexity index is 863. The summed E-state index contributed by atoms with van der Waals surface area (Å²) in [6, 6.07) is 14.6. The van der Waals surface area contributed by atoms with Crippen LogP contribution in [0.3, 0.4) is 0 Å². The summed E-state index contributed by atoms with van der Waals surface area (Å²) in [6.45, 7) is 0. The number of aromatic nitrogens is 2. The Morgan fingerprint density at radius 1 is 0.960 bits per heavy atom. The van der Waals surface area contributed by atoms with Gasteiger partial charge in [0.15, 0.2) is 22.5 Å². The van der Waals surface area contributed by atoms with Crippen LogP contribution in [-0.4, -0.2) is 17.1 Å². The lowest BCUT2D eigenvalue weighted by Crippen LogP contribution is -2.04. The SMILES string of the molecule is COc1ccccc1Oc1c(N)nc(Cc2ccc(Cl)cc2)nc1Cl. The number of rotatable bonds is 5. The van der Waals surface area contributed by atoms with E-state index in [1.165, 1.54) is 0 Å². The van der Waals surface area contributed by atoms with Crippen molar-refractivity contribution < 1.29 is 9.47 Å². The standard InChI is InChI=1S/C18H15Cl2N3O2/c1-24-13-4-2-3-5-14(13)25-16-17(20)22-15(23-18(16)21)10-11-6-8-12(19)9-7-11/h2-9H,10H2,1H3,(H2,21,22,23). The zero-order valence-electron chi connectivity index (χ0n) is 13.4. The fourth-order valence-corrected chi connectivity index (χ4v) is 2.61. The first-order valence-corrected chi connectivity index (χ1v) is 8.19. The van der Waals surface area contributed by atoms with Crippen molar-refractivity contribution in [2.45, 2.75) is 6.42 Å². The molecule has 0 amide bonds. The first kappa shape index (κ1) is 17.3. The molecule has 3 aromatic rings. The summed E-state index contributed by atoms with van der Waals surface area (Å²) in [4.78, 5) is 8.57. The Balaban J connectivity index is 1.86. The second-order valence-electron chi connectivity index (χ2n) is 5.20. The zero-order valence-corrected chi connectivity index (χ0v) is 14.9. The van der Waals surface area contributed by atoms with Gasteiger partial charge in [0.05, 0.1) is 7.11 Å². The lowest BCUT2D eigenvalue weighted by Gasteiger charge is -2.13. The maximum atomic E-state index is 6.25. The van der Waals surface area contributed by atoms with Crippen molar-refractivity contribution >= 4 is 29.0 Å². The van der Waals surface area contributed by atoms with E-state index in [0.717, 1.165) is 5.56 Å². The van der Waals surface area contributed by atoms with Gasteiger partial charge in [-0.25, -0.2) is 9.97 Å². The maximum absolute atomic E-state index is 6.25. The van der Waals surface area contributed by atoms with E-state index in [0.29, 0.717) is 28.8 Å². The largest absolute Gasteiger partial charge is 0.493 e. The van der Waals surface area contributed by atoms with Crippen LogP contribution in [-0.2, 0) is 6.42 Å². The molecule has 128 valence electrons. The van der Waals surface area contributed by atoms with Crippen LogP contribution < -0.4 is 15.2 Å². The molecule has 0 radical (unpaired) electrons. The summed E-state index contributed by atoms with van der Waals surface area (Å²) in [7, 11) is 1.55. The number of benzene rings is 2. The van der Waals surface area contributed by atoms with Gasteiger partial charge in [-0.3, -0.25) is 0 Å². The minimum Gasteiger partial charge on any atom is -0.493 e. The second kappa shape index (κ2) is 7.59. The second-order valence-corrected chi connectivity index (χ2v) is 6.00. The number of hydrogen-bond donors (Lipinski definition) is 1.